The molecule has 1 aliphatic heterocycles. The van der Waals surface area contributed by atoms with Crippen LogP contribution >= 0.6 is 0 Å². The summed E-state index contributed by atoms with van der Waals surface area (Å²) in [7, 11) is 1.37. The monoisotopic (exact) mass is 216 g/mol. The second-order valence-corrected chi connectivity index (χ2v) is 5.00. The molecule has 1 aliphatic rings. The molecule has 1 unspecified atom stereocenters. The number of methoxy groups -OCH3 is 1. The van der Waals surface area contributed by atoms with Crippen LogP contribution in [0.2, 0.25) is 0 Å². The summed E-state index contributed by atoms with van der Waals surface area (Å²) in [5, 5.41) is 0. The van der Waals surface area contributed by atoms with Gasteiger partial charge < -0.3 is 14.2 Å². The van der Waals surface area contributed by atoms with Crippen molar-refractivity contribution in [2.75, 3.05) is 20.3 Å². The quantitative estimate of drug-likeness (QED) is 0.657. The number of ether oxygens (including phenoxy) is 3. The van der Waals surface area contributed by atoms with Gasteiger partial charge in [0, 0.05) is 5.41 Å². The molecule has 1 saturated heterocycles. The number of carbonyl (C=O) groups excluding carboxylic acids is 1. The van der Waals surface area contributed by atoms with Crippen molar-refractivity contribution in [1.29, 1.82) is 0 Å². The van der Waals surface area contributed by atoms with E-state index < -0.39 is 11.7 Å². The van der Waals surface area contributed by atoms with Crippen molar-refractivity contribution < 1.29 is 19.0 Å². The van der Waals surface area contributed by atoms with Gasteiger partial charge in [-0.25, -0.2) is 0 Å². The molecule has 0 spiro atoms. The van der Waals surface area contributed by atoms with Gasteiger partial charge in [0.1, 0.15) is 5.92 Å². The van der Waals surface area contributed by atoms with Crippen LogP contribution in [0.5, 0.6) is 0 Å². The van der Waals surface area contributed by atoms with E-state index in [1.807, 2.05) is 0 Å². The molecule has 4 heteroatoms. The van der Waals surface area contributed by atoms with Crippen molar-refractivity contribution in [2.45, 2.75) is 33.5 Å². The Balaban J connectivity index is 2.66. The fourth-order valence-corrected chi connectivity index (χ4v) is 1.40. The van der Waals surface area contributed by atoms with E-state index in [-0.39, 0.29) is 11.4 Å². The zero-order chi connectivity index (χ0) is 11.7. The molecule has 0 amide bonds. The summed E-state index contributed by atoms with van der Waals surface area (Å²) >= 11 is 0. The van der Waals surface area contributed by atoms with Gasteiger partial charge in [0.15, 0.2) is 5.79 Å². The highest BCUT2D eigenvalue weighted by molar-refractivity contribution is 5.72. The highest BCUT2D eigenvalue weighted by atomic mass is 16.7. The van der Waals surface area contributed by atoms with Gasteiger partial charge in [-0.05, 0) is 13.8 Å². The van der Waals surface area contributed by atoms with Crippen LogP contribution in [-0.4, -0.2) is 32.1 Å². The fourth-order valence-electron chi connectivity index (χ4n) is 1.40. The second kappa shape index (κ2) is 4.10. The summed E-state index contributed by atoms with van der Waals surface area (Å²) in [6.07, 6.45) is 0. The molecule has 1 fully saturated rings. The van der Waals surface area contributed by atoms with Gasteiger partial charge in [-0.1, -0.05) is 13.8 Å². The highest BCUT2D eigenvalue weighted by Gasteiger charge is 2.44. The van der Waals surface area contributed by atoms with Crippen LogP contribution in [0.1, 0.15) is 27.7 Å². The van der Waals surface area contributed by atoms with Gasteiger partial charge >= 0.3 is 5.97 Å². The van der Waals surface area contributed by atoms with E-state index in [0.717, 1.165) is 0 Å². The topological polar surface area (TPSA) is 44.8 Å². The van der Waals surface area contributed by atoms with E-state index >= 15 is 0 Å². The molecule has 15 heavy (non-hydrogen) atoms. The van der Waals surface area contributed by atoms with E-state index in [9.17, 15) is 4.79 Å². The predicted octanol–water partition coefficient (Wildman–Crippen LogP) is 1.58. The lowest BCUT2D eigenvalue weighted by Gasteiger charge is -2.43. The third-order valence-corrected chi connectivity index (χ3v) is 2.84. The molecule has 0 aromatic rings. The van der Waals surface area contributed by atoms with Gasteiger partial charge in [-0.15, -0.1) is 0 Å². The van der Waals surface area contributed by atoms with Crippen LogP contribution in [0.25, 0.3) is 0 Å². The lowest BCUT2D eigenvalue weighted by Crippen LogP contribution is -2.51. The zero-order valence-corrected chi connectivity index (χ0v) is 10.1. The van der Waals surface area contributed by atoms with Gasteiger partial charge in [0.2, 0.25) is 0 Å². The van der Waals surface area contributed by atoms with Crippen molar-refractivity contribution in [3.8, 4) is 0 Å². The van der Waals surface area contributed by atoms with Crippen molar-refractivity contribution in [3.63, 3.8) is 0 Å². The molecule has 0 aliphatic carbocycles. The SMILES string of the molecule is COC(=O)C(C)C1(C)OCC(C)(C)CO1. The normalized spacial score (nSPS) is 25.7. The van der Waals surface area contributed by atoms with Crippen LogP contribution in [-0.2, 0) is 19.0 Å². The first-order chi connectivity index (χ1) is 6.81. The molecular weight excluding hydrogens is 196 g/mol. The molecule has 4 nitrogen and oxygen atoms in total. The molecule has 0 radical (unpaired) electrons. The van der Waals surface area contributed by atoms with E-state index in [4.69, 9.17) is 9.47 Å². The number of esters is 1. The largest absolute Gasteiger partial charge is 0.469 e. The molecular formula is C11H20O4. The Bertz CT molecular complexity index is 237. The molecule has 88 valence electrons. The summed E-state index contributed by atoms with van der Waals surface area (Å²) < 4.78 is 16.0. The fraction of sp³-hybridized carbons (Fsp3) is 0.909. The standard InChI is InChI=1S/C11H20O4/c1-8(9(12)13-5)11(4)14-6-10(2,3)7-15-11/h8H,6-7H2,1-5H3. The van der Waals surface area contributed by atoms with E-state index in [1.165, 1.54) is 7.11 Å². The highest BCUT2D eigenvalue weighted by Crippen LogP contribution is 2.34. The second-order valence-electron chi connectivity index (χ2n) is 5.00. The van der Waals surface area contributed by atoms with E-state index in [2.05, 4.69) is 18.6 Å². The summed E-state index contributed by atoms with van der Waals surface area (Å²) in [5.74, 6) is -1.58. The van der Waals surface area contributed by atoms with Gasteiger partial charge in [0.05, 0.1) is 20.3 Å². The van der Waals surface area contributed by atoms with Crippen LogP contribution in [0.3, 0.4) is 0 Å². The summed E-state index contributed by atoms with van der Waals surface area (Å²) in [6.45, 7) is 8.84. The number of hydrogen-bond donors (Lipinski definition) is 0. The lowest BCUT2D eigenvalue weighted by molar-refractivity contribution is -0.308. The smallest absolute Gasteiger partial charge is 0.313 e. The lowest BCUT2D eigenvalue weighted by atomic mass is 9.92. The van der Waals surface area contributed by atoms with Crippen molar-refractivity contribution in [2.24, 2.45) is 11.3 Å². The molecule has 0 bridgehead atoms. The zero-order valence-electron chi connectivity index (χ0n) is 10.1. The third kappa shape index (κ3) is 2.69. The Morgan fingerprint density at radius 1 is 1.27 bits per heavy atom. The molecule has 0 aromatic heterocycles. The van der Waals surface area contributed by atoms with Crippen molar-refractivity contribution in [1.82, 2.24) is 0 Å². The average molecular weight is 216 g/mol. The molecule has 0 N–H and O–H groups in total. The number of hydrogen-bond acceptors (Lipinski definition) is 4. The van der Waals surface area contributed by atoms with Crippen LogP contribution in [0.15, 0.2) is 0 Å². The maximum Gasteiger partial charge on any atom is 0.313 e. The van der Waals surface area contributed by atoms with Crippen molar-refractivity contribution in [3.05, 3.63) is 0 Å². The van der Waals surface area contributed by atoms with Crippen molar-refractivity contribution >= 4 is 5.97 Å². The van der Waals surface area contributed by atoms with Gasteiger partial charge in [-0.3, -0.25) is 4.79 Å². The summed E-state index contributed by atoms with van der Waals surface area (Å²) in [6, 6.07) is 0. The minimum absolute atomic E-state index is 0.00928. The Kier molecular flexibility index (Phi) is 3.41. The minimum Gasteiger partial charge on any atom is -0.469 e. The molecule has 0 aromatic carbocycles. The van der Waals surface area contributed by atoms with Crippen LogP contribution < -0.4 is 0 Å². The summed E-state index contributed by atoms with van der Waals surface area (Å²) in [5.41, 5.74) is 0.00928. The number of carbonyl (C=O) groups is 1. The first-order valence-corrected chi connectivity index (χ1v) is 5.16. The maximum absolute atomic E-state index is 11.4. The van der Waals surface area contributed by atoms with Gasteiger partial charge in [0.25, 0.3) is 0 Å². The van der Waals surface area contributed by atoms with E-state index in [0.29, 0.717) is 13.2 Å². The maximum atomic E-state index is 11.4. The van der Waals surface area contributed by atoms with Crippen LogP contribution in [0.4, 0.5) is 0 Å². The number of rotatable bonds is 2. The average Bonchev–Trinajstić information content (AvgIpc) is 2.21. The minimum atomic E-state index is -0.859. The molecule has 1 heterocycles. The Morgan fingerprint density at radius 2 is 1.73 bits per heavy atom. The summed E-state index contributed by atoms with van der Waals surface area (Å²) in [4.78, 5) is 11.4. The Morgan fingerprint density at radius 3 is 2.13 bits per heavy atom. The first kappa shape index (κ1) is 12.5. The van der Waals surface area contributed by atoms with Gasteiger partial charge in [-0.2, -0.15) is 0 Å². The predicted molar refractivity (Wildman–Crippen MR) is 55.3 cm³/mol. The van der Waals surface area contributed by atoms with Crippen LogP contribution in [0, 0.1) is 11.3 Å². The molecule has 1 atom stereocenters. The third-order valence-electron chi connectivity index (χ3n) is 2.84. The molecule has 0 saturated carbocycles. The van der Waals surface area contributed by atoms with E-state index in [1.54, 1.807) is 13.8 Å². The Labute approximate surface area is 90.9 Å². The molecule has 1 rings (SSSR count). The first-order valence-electron chi connectivity index (χ1n) is 5.16. The Hall–Kier alpha value is -0.610.